The number of ether oxygens (including phenoxy) is 1. The third-order valence-corrected chi connectivity index (χ3v) is 6.55. The minimum Gasteiger partial charge on any atom is -0.429 e. The molecule has 1 aliphatic rings. The number of hydrogen-bond acceptors (Lipinski definition) is 1. The molecule has 0 radical (unpaired) electrons. The highest BCUT2D eigenvalue weighted by Crippen LogP contribution is 2.38. The Labute approximate surface area is 208 Å². The van der Waals surface area contributed by atoms with Crippen molar-refractivity contribution in [2.45, 2.75) is 32.3 Å². The van der Waals surface area contributed by atoms with Crippen LogP contribution in [0.4, 0.5) is 30.7 Å². The first-order chi connectivity index (χ1) is 17.5. The van der Waals surface area contributed by atoms with Gasteiger partial charge in [0.15, 0.2) is 0 Å². The second-order valence-corrected chi connectivity index (χ2v) is 8.98. The van der Waals surface area contributed by atoms with Crippen LogP contribution >= 0.6 is 0 Å². The lowest BCUT2D eigenvalue weighted by molar-refractivity contribution is -0.189. The van der Waals surface area contributed by atoms with Crippen LogP contribution < -0.4 is 4.74 Å². The maximum Gasteiger partial charge on any atom is 0.432 e. The second kappa shape index (κ2) is 9.25. The molecule has 0 spiro atoms. The number of fused-ring (bicyclic) bond motifs is 1. The van der Waals surface area contributed by atoms with Crippen molar-refractivity contribution >= 4 is 0 Å². The topological polar surface area (TPSA) is 9.23 Å². The molecule has 0 heterocycles. The van der Waals surface area contributed by atoms with Crippen molar-refractivity contribution in [3.8, 4) is 28.0 Å². The minimum absolute atomic E-state index is 0.193. The van der Waals surface area contributed by atoms with Gasteiger partial charge in [-0.25, -0.2) is 22.0 Å². The lowest BCUT2D eigenvalue weighted by atomic mass is 9.96. The number of halogens is 7. The summed E-state index contributed by atoms with van der Waals surface area (Å²) in [5.41, 5.74) is 1.10. The van der Waals surface area contributed by atoms with Crippen LogP contribution in [0.2, 0.25) is 0 Å². The SMILES string of the molecule is Cc1c(F)cc(OC(F)(F)c2c(F)cc(-c3ccc(-c4ccc5c(c4)CCC5)cc3F)cc2F)cc1F. The molecule has 0 N–H and O–H groups in total. The van der Waals surface area contributed by atoms with E-state index >= 15 is 4.39 Å². The van der Waals surface area contributed by atoms with E-state index in [1.165, 1.54) is 23.3 Å². The largest absolute Gasteiger partial charge is 0.432 e. The van der Waals surface area contributed by atoms with Crippen molar-refractivity contribution in [3.63, 3.8) is 0 Å². The Morgan fingerprint density at radius 3 is 1.84 bits per heavy atom. The van der Waals surface area contributed by atoms with Crippen molar-refractivity contribution in [1.29, 1.82) is 0 Å². The van der Waals surface area contributed by atoms with Crippen LogP contribution in [0.1, 0.15) is 28.7 Å². The van der Waals surface area contributed by atoms with Crippen molar-refractivity contribution in [2.24, 2.45) is 0 Å². The summed E-state index contributed by atoms with van der Waals surface area (Å²) in [4.78, 5) is 0. The molecule has 37 heavy (non-hydrogen) atoms. The van der Waals surface area contributed by atoms with E-state index in [2.05, 4.69) is 4.74 Å². The van der Waals surface area contributed by atoms with Crippen LogP contribution in [-0.4, -0.2) is 0 Å². The zero-order valence-electron chi connectivity index (χ0n) is 19.4. The summed E-state index contributed by atoms with van der Waals surface area (Å²) in [6, 6.07) is 12.0. The Bertz CT molecular complexity index is 1480. The number of benzene rings is 4. The second-order valence-electron chi connectivity index (χ2n) is 8.98. The van der Waals surface area contributed by atoms with E-state index in [0.717, 1.165) is 31.7 Å². The molecule has 0 atom stereocenters. The van der Waals surface area contributed by atoms with Crippen molar-refractivity contribution in [2.75, 3.05) is 0 Å². The molecular weight excluding hydrogens is 497 g/mol. The highest BCUT2D eigenvalue weighted by atomic mass is 19.3. The number of hydrogen-bond donors (Lipinski definition) is 0. The van der Waals surface area contributed by atoms with Crippen LogP contribution in [0, 0.1) is 36.0 Å². The summed E-state index contributed by atoms with van der Waals surface area (Å²) in [6.45, 7) is 1.09. The molecular formula is C29H19F7O. The standard InChI is InChI=1S/C29H19F7O/c1-15-23(30)13-21(14-24(15)31)37-29(35,36)28-26(33)11-20(12-27(28)34)22-8-7-19(10-25(22)32)18-6-5-16-3-2-4-17(16)9-18/h5-14H,2-4H2,1H3. The van der Waals surface area contributed by atoms with Gasteiger partial charge in [-0.3, -0.25) is 0 Å². The Kier molecular flexibility index (Phi) is 6.22. The van der Waals surface area contributed by atoms with E-state index in [0.29, 0.717) is 29.8 Å². The highest BCUT2D eigenvalue weighted by molar-refractivity contribution is 5.72. The van der Waals surface area contributed by atoms with Gasteiger partial charge < -0.3 is 4.74 Å². The van der Waals surface area contributed by atoms with Gasteiger partial charge in [0.2, 0.25) is 0 Å². The molecule has 0 aliphatic heterocycles. The van der Waals surface area contributed by atoms with Gasteiger partial charge in [-0.05, 0) is 72.2 Å². The fourth-order valence-corrected chi connectivity index (χ4v) is 4.57. The molecule has 1 nitrogen and oxygen atoms in total. The van der Waals surface area contributed by atoms with Crippen molar-refractivity contribution in [1.82, 2.24) is 0 Å². The molecule has 1 aliphatic carbocycles. The summed E-state index contributed by atoms with van der Waals surface area (Å²) >= 11 is 0. The number of alkyl halides is 2. The molecule has 4 aromatic rings. The van der Waals surface area contributed by atoms with E-state index in [-0.39, 0.29) is 11.1 Å². The molecule has 0 saturated heterocycles. The maximum atomic E-state index is 15.0. The van der Waals surface area contributed by atoms with Gasteiger partial charge in [0.25, 0.3) is 0 Å². The van der Waals surface area contributed by atoms with Gasteiger partial charge in [-0.1, -0.05) is 30.3 Å². The van der Waals surface area contributed by atoms with E-state index in [1.54, 1.807) is 6.07 Å². The van der Waals surface area contributed by atoms with Gasteiger partial charge in [0, 0.05) is 23.3 Å². The first-order valence-electron chi connectivity index (χ1n) is 11.5. The Morgan fingerprint density at radius 1 is 0.622 bits per heavy atom. The molecule has 8 heteroatoms. The molecule has 0 unspecified atom stereocenters. The molecule has 0 bridgehead atoms. The third kappa shape index (κ3) is 4.68. The van der Waals surface area contributed by atoms with E-state index in [1.807, 2.05) is 18.2 Å². The van der Waals surface area contributed by atoms with Crippen molar-refractivity contribution < 1.29 is 35.5 Å². The Morgan fingerprint density at radius 2 is 1.19 bits per heavy atom. The Balaban J connectivity index is 1.45. The average Bonchev–Trinajstić information content (AvgIpc) is 3.29. The molecule has 0 fully saturated rings. The summed E-state index contributed by atoms with van der Waals surface area (Å²) in [6.07, 6.45) is -1.62. The van der Waals surface area contributed by atoms with Crippen LogP contribution in [0.25, 0.3) is 22.3 Å². The van der Waals surface area contributed by atoms with E-state index < -0.39 is 52.1 Å². The number of aryl methyl sites for hydroxylation is 2. The highest BCUT2D eigenvalue weighted by Gasteiger charge is 2.41. The summed E-state index contributed by atoms with van der Waals surface area (Å²) < 4.78 is 105. The predicted molar refractivity (Wildman–Crippen MR) is 125 cm³/mol. The molecule has 190 valence electrons. The quantitative estimate of drug-likeness (QED) is 0.241. The van der Waals surface area contributed by atoms with Gasteiger partial charge in [-0.2, -0.15) is 8.78 Å². The van der Waals surface area contributed by atoms with E-state index in [4.69, 9.17) is 0 Å². The summed E-state index contributed by atoms with van der Waals surface area (Å²) in [5, 5.41) is 0. The fourth-order valence-electron chi connectivity index (χ4n) is 4.57. The minimum atomic E-state index is -4.61. The van der Waals surface area contributed by atoms with Crippen LogP contribution in [-0.2, 0) is 19.0 Å². The third-order valence-electron chi connectivity index (χ3n) is 6.55. The first kappa shape index (κ1) is 24.9. The van der Waals surface area contributed by atoms with E-state index in [9.17, 15) is 26.3 Å². The first-order valence-corrected chi connectivity index (χ1v) is 11.5. The fraction of sp³-hybridized carbons (Fsp3) is 0.172. The monoisotopic (exact) mass is 516 g/mol. The van der Waals surface area contributed by atoms with Gasteiger partial charge in [-0.15, -0.1) is 0 Å². The molecule has 0 saturated carbocycles. The summed E-state index contributed by atoms with van der Waals surface area (Å²) in [5.74, 6) is -7.51. The van der Waals surface area contributed by atoms with Crippen molar-refractivity contribution in [3.05, 3.63) is 112 Å². The molecule has 0 amide bonds. The normalized spacial score (nSPS) is 13.1. The zero-order chi connectivity index (χ0) is 26.5. The number of rotatable bonds is 5. The average molecular weight is 516 g/mol. The van der Waals surface area contributed by atoms with Crippen LogP contribution in [0.15, 0.2) is 60.7 Å². The summed E-state index contributed by atoms with van der Waals surface area (Å²) in [7, 11) is 0. The van der Waals surface area contributed by atoms with Crippen LogP contribution in [0.3, 0.4) is 0 Å². The smallest absolute Gasteiger partial charge is 0.429 e. The maximum absolute atomic E-state index is 15.0. The van der Waals surface area contributed by atoms with Crippen LogP contribution in [0.5, 0.6) is 5.75 Å². The molecule has 0 aromatic heterocycles. The molecule has 5 rings (SSSR count). The van der Waals surface area contributed by atoms with Gasteiger partial charge in [0.05, 0.1) is 0 Å². The van der Waals surface area contributed by atoms with Gasteiger partial charge >= 0.3 is 6.11 Å². The van der Waals surface area contributed by atoms with Gasteiger partial charge in [0.1, 0.15) is 40.4 Å². The predicted octanol–water partition coefficient (Wildman–Crippen LogP) is 8.64. The lowest BCUT2D eigenvalue weighted by Gasteiger charge is -2.20. The lowest BCUT2D eigenvalue weighted by Crippen LogP contribution is -2.25. The molecule has 4 aromatic carbocycles. The Hall–Kier alpha value is -3.81. The zero-order valence-corrected chi connectivity index (χ0v) is 19.4.